The van der Waals surface area contributed by atoms with Gasteiger partial charge in [-0.1, -0.05) is 83.9 Å². The lowest BCUT2D eigenvalue weighted by Crippen LogP contribution is -2.29. The first-order chi connectivity index (χ1) is 12.5. The Morgan fingerprint density at radius 2 is 1.31 bits per heavy atom. The molecule has 0 fully saturated rings. The van der Waals surface area contributed by atoms with Gasteiger partial charge in [-0.15, -0.1) is 0 Å². The molecule has 0 amide bonds. The third kappa shape index (κ3) is 3.72. The van der Waals surface area contributed by atoms with E-state index in [1.807, 2.05) is 81.4 Å². The summed E-state index contributed by atoms with van der Waals surface area (Å²) in [5, 5.41) is 11.9. The van der Waals surface area contributed by atoms with Crippen LogP contribution in [0, 0.1) is 13.8 Å². The zero-order valence-electron chi connectivity index (χ0n) is 15.7. The molecule has 2 heteroatoms. The van der Waals surface area contributed by atoms with E-state index in [2.05, 4.69) is 12.1 Å². The fraction of sp³-hybridized carbons (Fsp3) is 0.250. The minimum absolute atomic E-state index is 0.587. The normalized spacial score (nSPS) is 11.5. The molecule has 0 bridgehead atoms. The van der Waals surface area contributed by atoms with Gasteiger partial charge in [0.05, 0.1) is 6.61 Å². The molecule has 3 aromatic rings. The molecular formula is C24H26O2. The number of rotatable bonds is 6. The summed E-state index contributed by atoms with van der Waals surface area (Å²) < 4.78 is 5.48. The molecule has 3 aromatic carbocycles. The summed E-state index contributed by atoms with van der Waals surface area (Å²) in [6.07, 6.45) is 0. The maximum Gasteiger partial charge on any atom is 0.140 e. The van der Waals surface area contributed by atoms with Crippen LogP contribution in [0.3, 0.4) is 0 Å². The van der Waals surface area contributed by atoms with Crippen molar-refractivity contribution < 1.29 is 9.84 Å². The van der Waals surface area contributed by atoms with Crippen LogP contribution in [0.5, 0.6) is 0 Å². The number of aryl methyl sites for hydroxylation is 2. The largest absolute Gasteiger partial charge is 0.377 e. The van der Waals surface area contributed by atoms with Crippen molar-refractivity contribution in [2.45, 2.75) is 33.0 Å². The molecule has 0 aliphatic heterocycles. The van der Waals surface area contributed by atoms with E-state index in [1.54, 1.807) is 0 Å². The Labute approximate surface area is 156 Å². The van der Waals surface area contributed by atoms with Crippen LogP contribution in [0.4, 0.5) is 0 Å². The molecule has 0 heterocycles. The monoisotopic (exact) mass is 346 g/mol. The van der Waals surface area contributed by atoms with Gasteiger partial charge in [-0.05, 0) is 43.0 Å². The van der Waals surface area contributed by atoms with E-state index in [1.165, 1.54) is 0 Å². The smallest absolute Gasteiger partial charge is 0.140 e. The minimum atomic E-state index is -1.19. The molecule has 0 aliphatic rings. The number of ether oxygens (including phenoxy) is 1. The lowest BCUT2D eigenvalue weighted by Gasteiger charge is -2.31. The van der Waals surface area contributed by atoms with E-state index in [9.17, 15) is 5.11 Å². The molecule has 2 nitrogen and oxygen atoms in total. The summed E-state index contributed by atoms with van der Waals surface area (Å²) >= 11 is 0. The van der Waals surface area contributed by atoms with E-state index in [0.29, 0.717) is 13.2 Å². The van der Waals surface area contributed by atoms with Gasteiger partial charge in [0.15, 0.2) is 0 Å². The second-order valence-corrected chi connectivity index (χ2v) is 6.78. The van der Waals surface area contributed by atoms with Crippen molar-refractivity contribution in [1.82, 2.24) is 0 Å². The fourth-order valence-electron chi connectivity index (χ4n) is 3.30. The Hall–Kier alpha value is -2.42. The van der Waals surface area contributed by atoms with Crippen molar-refractivity contribution in [3.05, 3.63) is 106 Å². The Kier molecular flexibility index (Phi) is 5.55. The Bertz CT molecular complexity index is 820. The van der Waals surface area contributed by atoms with Crippen LogP contribution >= 0.6 is 0 Å². The van der Waals surface area contributed by atoms with Crippen LogP contribution in [0.15, 0.2) is 72.8 Å². The molecule has 0 spiro atoms. The van der Waals surface area contributed by atoms with Gasteiger partial charge < -0.3 is 9.84 Å². The van der Waals surface area contributed by atoms with Crippen LogP contribution in [0.1, 0.15) is 40.3 Å². The molecule has 0 saturated heterocycles. The average molecular weight is 346 g/mol. The second-order valence-electron chi connectivity index (χ2n) is 6.78. The molecule has 0 atom stereocenters. The number of hydrogen-bond donors (Lipinski definition) is 1. The summed E-state index contributed by atoms with van der Waals surface area (Å²) in [6.45, 7) is 7.36. The maximum atomic E-state index is 11.9. The summed E-state index contributed by atoms with van der Waals surface area (Å²) in [5.74, 6) is 0. The highest BCUT2D eigenvalue weighted by Gasteiger charge is 2.33. The zero-order valence-corrected chi connectivity index (χ0v) is 15.7. The van der Waals surface area contributed by atoms with Gasteiger partial charge in [0.2, 0.25) is 0 Å². The van der Waals surface area contributed by atoms with Gasteiger partial charge in [-0.3, -0.25) is 0 Å². The second kappa shape index (κ2) is 7.86. The Morgan fingerprint density at radius 3 is 1.77 bits per heavy atom. The van der Waals surface area contributed by atoms with Crippen LogP contribution in [-0.4, -0.2) is 11.7 Å². The van der Waals surface area contributed by atoms with E-state index in [0.717, 1.165) is 33.4 Å². The highest BCUT2D eigenvalue weighted by molar-refractivity contribution is 5.49. The highest BCUT2D eigenvalue weighted by Crippen LogP contribution is 2.37. The van der Waals surface area contributed by atoms with Gasteiger partial charge in [0.1, 0.15) is 5.60 Å². The molecule has 134 valence electrons. The lowest BCUT2D eigenvalue weighted by molar-refractivity contribution is 0.124. The average Bonchev–Trinajstić information content (AvgIpc) is 2.66. The molecule has 1 N–H and O–H groups in total. The molecular weight excluding hydrogens is 320 g/mol. The van der Waals surface area contributed by atoms with Gasteiger partial charge >= 0.3 is 0 Å². The van der Waals surface area contributed by atoms with E-state index < -0.39 is 5.60 Å². The first kappa shape index (κ1) is 18.4. The summed E-state index contributed by atoms with van der Waals surface area (Å²) in [5.41, 5.74) is 4.77. The van der Waals surface area contributed by atoms with E-state index in [-0.39, 0.29) is 0 Å². The Balaban J connectivity index is 2.12. The molecule has 0 saturated carbocycles. The highest BCUT2D eigenvalue weighted by atomic mass is 16.5. The first-order valence-electron chi connectivity index (χ1n) is 9.08. The number of benzene rings is 3. The third-order valence-electron chi connectivity index (χ3n) is 4.72. The number of hydrogen-bond acceptors (Lipinski definition) is 2. The fourth-order valence-corrected chi connectivity index (χ4v) is 3.30. The van der Waals surface area contributed by atoms with E-state index >= 15 is 0 Å². The van der Waals surface area contributed by atoms with Crippen molar-refractivity contribution in [3.8, 4) is 0 Å². The first-order valence-corrected chi connectivity index (χ1v) is 9.08. The third-order valence-corrected chi connectivity index (χ3v) is 4.72. The number of aliphatic hydroxyl groups is 1. The maximum absolute atomic E-state index is 11.9. The summed E-state index contributed by atoms with van der Waals surface area (Å²) in [7, 11) is 0. The molecule has 3 rings (SSSR count). The zero-order chi connectivity index (χ0) is 18.6. The predicted octanol–water partition coefficient (Wildman–Crippen LogP) is 5.12. The van der Waals surface area contributed by atoms with Gasteiger partial charge in [-0.25, -0.2) is 0 Å². The van der Waals surface area contributed by atoms with Gasteiger partial charge in [0, 0.05) is 6.61 Å². The van der Waals surface area contributed by atoms with Gasteiger partial charge in [-0.2, -0.15) is 0 Å². The van der Waals surface area contributed by atoms with E-state index in [4.69, 9.17) is 4.74 Å². The molecule has 0 aromatic heterocycles. The molecule has 26 heavy (non-hydrogen) atoms. The summed E-state index contributed by atoms with van der Waals surface area (Å²) in [6, 6.07) is 24.2. The van der Waals surface area contributed by atoms with Crippen molar-refractivity contribution >= 4 is 0 Å². The van der Waals surface area contributed by atoms with Crippen LogP contribution in [-0.2, 0) is 16.9 Å². The molecule has 0 radical (unpaired) electrons. The Morgan fingerprint density at radius 1 is 0.769 bits per heavy atom. The van der Waals surface area contributed by atoms with Crippen molar-refractivity contribution in [1.29, 1.82) is 0 Å². The standard InChI is InChI=1S/C24H26O2/c1-4-26-17-20-11-13-21(14-12-20)24(25,22-9-5-7-18(2)15-22)23-10-6-8-19(3)16-23/h5-16,25H,4,17H2,1-3H3. The quantitative estimate of drug-likeness (QED) is 0.627. The SMILES string of the molecule is CCOCc1ccc(C(O)(c2cccc(C)c2)c2cccc(C)c2)cc1. The molecule has 0 aliphatic carbocycles. The van der Waals surface area contributed by atoms with Crippen molar-refractivity contribution in [2.75, 3.05) is 6.61 Å². The summed E-state index contributed by atoms with van der Waals surface area (Å²) in [4.78, 5) is 0. The van der Waals surface area contributed by atoms with Crippen LogP contribution < -0.4 is 0 Å². The van der Waals surface area contributed by atoms with Crippen LogP contribution in [0.2, 0.25) is 0 Å². The van der Waals surface area contributed by atoms with Gasteiger partial charge in [0.25, 0.3) is 0 Å². The minimum Gasteiger partial charge on any atom is -0.377 e. The van der Waals surface area contributed by atoms with Crippen LogP contribution in [0.25, 0.3) is 0 Å². The predicted molar refractivity (Wildman–Crippen MR) is 106 cm³/mol. The topological polar surface area (TPSA) is 29.5 Å². The van der Waals surface area contributed by atoms with Crippen molar-refractivity contribution in [3.63, 3.8) is 0 Å². The molecule has 0 unspecified atom stereocenters. The lowest BCUT2D eigenvalue weighted by atomic mass is 9.79. The van der Waals surface area contributed by atoms with Crippen molar-refractivity contribution in [2.24, 2.45) is 0 Å².